The Bertz CT molecular complexity index is 7060. The van der Waals surface area contributed by atoms with E-state index in [4.69, 9.17) is 0 Å². The number of carbonyl (C=O) groups is 1. The van der Waals surface area contributed by atoms with Gasteiger partial charge in [0, 0.05) is 133 Å². The third-order valence-corrected chi connectivity index (χ3v) is 32.4. The van der Waals surface area contributed by atoms with Crippen molar-refractivity contribution in [1.82, 2.24) is 69.9 Å². The second-order valence-corrected chi connectivity index (χ2v) is 42.0. The van der Waals surface area contributed by atoms with Crippen LogP contribution in [0.5, 0.6) is 0 Å². The smallest absolute Gasteiger partial charge is 0.238 e. The first kappa shape index (κ1) is 95.3. The minimum atomic E-state index is 0.0160. The molecule has 27 heteroatoms. The largest absolute Gasteiger partial charge is 0.359 e. The number of nitrogens with zero attached hydrogens (tertiary/aromatic N) is 25. The van der Waals surface area contributed by atoms with Gasteiger partial charge >= 0.3 is 0 Å². The fourth-order valence-corrected chi connectivity index (χ4v) is 23.1. The van der Waals surface area contributed by atoms with Gasteiger partial charge in [0.25, 0.3) is 0 Å². The van der Waals surface area contributed by atoms with Crippen LogP contribution in [0.1, 0.15) is 156 Å². The standard InChI is InChI=1S/C24H28N6.C24H27N5.C24H27N3OS.C23H25N5.C22H24N6/c1-16-9-12-21(13-10-16)30-24(25-26-27-30)19-11-14-22-23(15-19)29(20-7-5-6-8-20)18(3)17(2)28(22)4;1-15-6-9-21(10-7-15)29-18(4)25-26-24(29)19-8-13-22-23(14-19)28(20-11-12-20)17(3)16(2)27(22)5;1-15-5-8-20(9-6-15)27-23(28)14-29-24(27)18-7-12-21-22(13-18)26(19-10-11-19)17(3)16(2)25(21)4;1-15-5-8-19(9-6-15)27-14-24-25-23(27)18-7-12-21-22(13-18)28(20-10-11-20)17(3)16(2)26(21)4;1-14-5-8-19(9-6-14)28-22(23-24-25-28)17-7-12-20-21(13-17)27(18-10-11-18)16(3)15(2)26(20)4/h9-15,18,20H,2,5-8H2,1,3-4H3;6-10,13-14,17,20H,2,11-12H2,1,3-5H3;5-9,12-13,17,19,24H,2,10-11,14H2,1,3-4H3;5-9,12-14,17,20H,2,10-11H2,1,3-4H3;5-9,12-13,16,18H,2,10-11H2,1,3-4H3. The second kappa shape index (κ2) is 38.8. The Balaban J connectivity index is 0.000000106. The van der Waals surface area contributed by atoms with E-state index in [2.05, 4.69) is 447 Å². The van der Waals surface area contributed by atoms with Crippen LogP contribution in [0.2, 0.25) is 0 Å². The summed E-state index contributed by atoms with van der Waals surface area (Å²) in [6.45, 7) is 45.4. The van der Waals surface area contributed by atoms with E-state index in [1.165, 1.54) is 167 Å². The van der Waals surface area contributed by atoms with Crippen molar-refractivity contribution >= 4 is 80.2 Å². The average molecular weight is 1940 g/mol. The van der Waals surface area contributed by atoms with E-state index < -0.39 is 0 Å². The van der Waals surface area contributed by atoms with E-state index in [1.807, 2.05) is 28.6 Å². The van der Waals surface area contributed by atoms with Crippen LogP contribution < -0.4 is 53.9 Å². The van der Waals surface area contributed by atoms with E-state index in [0.717, 1.165) is 108 Å². The Labute approximate surface area is 851 Å². The molecule has 10 heterocycles. The molecule has 144 heavy (non-hydrogen) atoms. The number of carbonyl (C=O) groups excluding carboxylic acids is 1. The van der Waals surface area contributed by atoms with Crippen molar-refractivity contribution in [3.8, 4) is 68.3 Å². The number of likely N-dealkylation sites (N-methyl/N-ethyl adjacent to an activating group) is 5. The maximum atomic E-state index is 12.7. The monoisotopic (exact) mass is 1930 g/mol. The fraction of sp³-hybridized carbons (Fsp3) is 0.342. The van der Waals surface area contributed by atoms with Crippen LogP contribution >= 0.6 is 11.8 Å². The highest BCUT2D eigenvalue weighted by Crippen LogP contribution is 2.54. The van der Waals surface area contributed by atoms with Crippen molar-refractivity contribution in [2.75, 3.05) is 94.9 Å². The van der Waals surface area contributed by atoms with Crippen LogP contribution in [-0.2, 0) is 4.79 Å². The van der Waals surface area contributed by atoms with E-state index in [1.54, 1.807) is 22.8 Å². The Morgan fingerprint density at radius 2 is 0.611 bits per heavy atom. The van der Waals surface area contributed by atoms with Gasteiger partial charge in [0.15, 0.2) is 23.3 Å². The van der Waals surface area contributed by atoms with Gasteiger partial charge in [-0.3, -0.25) is 18.8 Å². The van der Waals surface area contributed by atoms with Gasteiger partial charge in [0.05, 0.1) is 104 Å². The molecule has 0 spiro atoms. The van der Waals surface area contributed by atoms with Crippen molar-refractivity contribution in [3.05, 3.63) is 319 Å². The first-order chi connectivity index (χ1) is 69.5. The highest BCUT2D eigenvalue weighted by molar-refractivity contribution is 8.00. The molecule has 1 saturated heterocycles. The molecule has 11 aliphatic rings. The first-order valence-electron chi connectivity index (χ1n) is 51.0. The van der Waals surface area contributed by atoms with Gasteiger partial charge in [-0.2, -0.15) is 9.36 Å². The number of aryl methyl sites for hydroxylation is 6. The molecule has 5 saturated carbocycles. The summed E-state index contributed by atoms with van der Waals surface area (Å²) in [5.41, 5.74) is 34.6. The van der Waals surface area contributed by atoms with Crippen LogP contribution in [0.3, 0.4) is 0 Å². The van der Waals surface area contributed by atoms with Crippen molar-refractivity contribution < 1.29 is 4.79 Å². The summed E-state index contributed by atoms with van der Waals surface area (Å²) in [4.78, 5) is 38.5. The minimum absolute atomic E-state index is 0.0160. The first-order valence-corrected chi connectivity index (χ1v) is 52.0. The molecule has 14 aromatic rings. The van der Waals surface area contributed by atoms with Crippen molar-refractivity contribution in [3.63, 3.8) is 0 Å². The Hall–Kier alpha value is -14.9. The lowest BCUT2D eigenvalue weighted by molar-refractivity contribution is -0.115. The summed E-state index contributed by atoms with van der Waals surface area (Å²) in [5, 5.41) is 42.7. The molecule has 0 radical (unpaired) electrons. The lowest BCUT2D eigenvalue weighted by Crippen LogP contribution is -2.48. The van der Waals surface area contributed by atoms with Gasteiger partial charge in [-0.15, -0.1) is 42.4 Å². The number of aromatic nitrogens is 14. The molecule has 10 aromatic carbocycles. The summed E-state index contributed by atoms with van der Waals surface area (Å²) in [5.74, 6) is 4.84. The number of anilines is 11. The molecule has 4 aromatic heterocycles. The molecule has 736 valence electrons. The molecule has 26 nitrogen and oxygen atoms in total. The molecule has 6 fully saturated rings. The van der Waals surface area contributed by atoms with Crippen molar-refractivity contribution in [2.24, 2.45) is 0 Å². The van der Waals surface area contributed by atoms with Crippen LogP contribution in [0.25, 0.3) is 68.3 Å². The SMILES string of the molecule is C=C1C(C)N(C2CC2)c2cc(-c3nnc(C)n3-c3ccc(C)cc3)ccc2N1C.C=C1C(C)N(C2CC2)c2cc(-c3nncn3-c3ccc(C)cc3)ccc2N1C.C=C1C(C)N(C2CC2)c2cc(-c3nnnn3-c3ccc(C)cc3)ccc2N1C.C=C1C(C)N(C2CC2)c2cc(C3SCC(=O)N3c3ccc(C)cc3)ccc2N1C.C=C1C(C)N(C2CCCC2)c2cc(-c3nnnn3-c3ccc(C)cc3)ccc2N1C. The zero-order chi connectivity index (χ0) is 100. The van der Waals surface area contributed by atoms with E-state index in [9.17, 15) is 4.79 Å². The fourth-order valence-electron chi connectivity index (χ4n) is 22.0. The summed E-state index contributed by atoms with van der Waals surface area (Å²) in [7, 11) is 10.5. The van der Waals surface area contributed by atoms with Crippen molar-refractivity contribution in [1.29, 1.82) is 0 Å². The number of amides is 1. The summed E-state index contributed by atoms with van der Waals surface area (Å²) < 4.78 is 7.81. The van der Waals surface area contributed by atoms with Crippen molar-refractivity contribution in [2.45, 2.75) is 219 Å². The Morgan fingerprint density at radius 3 is 0.965 bits per heavy atom. The third-order valence-electron chi connectivity index (χ3n) is 31.2. The van der Waals surface area contributed by atoms with Gasteiger partial charge in [-0.25, -0.2) is 0 Å². The zero-order valence-corrected chi connectivity index (χ0v) is 86.7. The highest BCUT2D eigenvalue weighted by atomic mass is 32.2. The van der Waals surface area contributed by atoms with Crippen LogP contribution in [0.4, 0.5) is 62.6 Å². The Kier molecular flexibility index (Phi) is 25.7. The number of hydrogen-bond acceptors (Lipinski definition) is 22. The normalized spacial score (nSPS) is 20.2. The third kappa shape index (κ3) is 18.0. The van der Waals surface area contributed by atoms with Gasteiger partial charge in [0.1, 0.15) is 17.5 Å². The maximum absolute atomic E-state index is 12.7. The van der Waals surface area contributed by atoms with Crippen LogP contribution in [0.15, 0.2) is 280 Å². The van der Waals surface area contributed by atoms with Gasteiger partial charge in [-0.1, -0.05) is 140 Å². The predicted octanol–water partition coefficient (Wildman–Crippen LogP) is 23.2. The highest BCUT2D eigenvalue weighted by Gasteiger charge is 2.46. The summed E-state index contributed by atoms with van der Waals surface area (Å²) >= 11 is 1.72. The molecule has 5 aliphatic carbocycles. The number of thioether (sulfide) groups is 1. The minimum Gasteiger partial charge on any atom is -0.359 e. The molecular formula is C117H131N25OS. The number of rotatable bonds is 15. The zero-order valence-electron chi connectivity index (χ0n) is 85.9. The van der Waals surface area contributed by atoms with Gasteiger partial charge < -0.3 is 49.0 Å². The maximum Gasteiger partial charge on any atom is 0.238 e. The molecular weight excluding hydrogens is 1800 g/mol. The molecule has 6 unspecified atom stereocenters. The second-order valence-electron chi connectivity index (χ2n) is 41.0. The van der Waals surface area contributed by atoms with Crippen LogP contribution in [0, 0.1) is 41.5 Å². The molecule has 0 N–H and O–H groups in total. The van der Waals surface area contributed by atoms with E-state index >= 15 is 0 Å². The predicted molar refractivity (Wildman–Crippen MR) is 589 cm³/mol. The lowest BCUT2D eigenvalue weighted by atomic mass is 10.00. The number of benzene rings is 10. The number of tetrazole rings is 2. The van der Waals surface area contributed by atoms with Crippen LogP contribution in [-0.4, -0.2) is 177 Å². The van der Waals surface area contributed by atoms with E-state index in [0.29, 0.717) is 54.1 Å². The summed E-state index contributed by atoms with van der Waals surface area (Å²) in [6.07, 6.45) is 16.9. The topological polar surface area (TPSA) is 201 Å². The van der Waals surface area contributed by atoms with Gasteiger partial charge in [0.2, 0.25) is 5.91 Å². The van der Waals surface area contributed by atoms with Gasteiger partial charge in [-0.05, 0) is 312 Å². The summed E-state index contributed by atoms with van der Waals surface area (Å²) in [6, 6.07) is 79.1. The molecule has 25 rings (SSSR count). The molecule has 6 aliphatic heterocycles. The number of fused-ring (bicyclic) bond motifs is 5. The molecule has 6 atom stereocenters. The Morgan fingerprint density at radius 1 is 0.306 bits per heavy atom. The quantitative estimate of drug-likeness (QED) is 0.0937. The van der Waals surface area contributed by atoms with E-state index in [-0.39, 0.29) is 23.4 Å². The number of hydrogen-bond donors (Lipinski definition) is 0. The lowest BCUT2D eigenvalue weighted by Gasteiger charge is -2.46. The molecule has 0 bridgehead atoms. The molecule has 1 amide bonds. The average Bonchev–Trinajstić information content (AvgIpc) is 1.61.